The molecular weight excluding hydrogens is 368 g/mol. The van der Waals surface area contributed by atoms with Crippen molar-refractivity contribution in [2.75, 3.05) is 26.2 Å². The molecule has 152 valence electrons. The van der Waals surface area contributed by atoms with Crippen molar-refractivity contribution >= 4 is 16.9 Å². The number of Topliss-reactive ketones (excluding diaryl/α,β-unsaturated/α-hetero) is 1. The second-order valence-corrected chi connectivity index (χ2v) is 7.64. The van der Waals surface area contributed by atoms with E-state index in [9.17, 15) is 9.90 Å². The average Bonchev–Trinajstić information content (AvgIpc) is 3.17. The standard InChI is InChI=1S/C23H26N2O4/c1-16(26)18-5-4-6-20(13-18)28-15-19(27)14-25-11-9-17(10-12-25)23-24-21-7-2-3-8-22(21)29-23/h2-8,13,17,19,27H,9-12,14-15H2,1H3. The van der Waals surface area contributed by atoms with Crippen LogP contribution in [0.25, 0.3) is 11.1 Å². The predicted molar refractivity (Wildman–Crippen MR) is 110 cm³/mol. The van der Waals surface area contributed by atoms with Crippen LogP contribution >= 0.6 is 0 Å². The van der Waals surface area contributed by atoms with Gasteiger partial charge in [-0.05, 0) is 57.1 Å². The van der Waals surface area contributed by atoms with Crippen LogP contribution in [0.1, 0.15) is 41.9 Å². The summed E-state index contributed by atoms with van der Waals surface area (Å²) < 4.78 is 11.6. The summed E-state index contributed by atoms with van der Waals surface area (Å²) in [7, 11) is 0. The lowest BCUT2D eigenvalue weighted by Gasteiger charge is -2.31. The molecule has 4 rings (SSSR count). The summed E-state index contributed by atoms with van der Waals surface area (Å²) in [5.41, 5.74) is 2.36. The summed E-state index contributed by atoms with van der Waals surface area (Å²) in [6.07, 6.45) is 1.33. The summed E-state index contributed by atoms with van der Waals surface area (Å²) >= 11 is 0. The molecule has 3 aromatic rings. The third-order valence-electron chi connectivity index (χ3n) is 5.40. The molecule has 6 nitrogen and oxygen atoms in total. The molecule has 1 unspecified atom stereocenters. The van der Waals surface area contributed by atoms with E-state index in [1.54, 1.807) is 24.3 Å². The van der Waals surface area contributed by atoms with Crippen LogP contribution < -0.4 is 4.74 Å². The van der Waals surface area contributed by atoms with Gasteiger partial charge in [-0.15, -0.1) is 0 Å². The predicted octanol–water partition coefficient (Wildman–Crippen LogP) is 3.65. The number of ketones is 1. The van der Waals surface area contributed by atoms with Gasteiger partial charge >= 0.3 is 0 Å². The number of para-hydroxylation sites is 2. The molecule has 29 heavy (non-hydrogen) atoms. The number of benzene rings is 2. The highest BCUT2D eigenvalue weighted by molar-refractivity contribution is 5.94. The summed E-state index contributed by atoms with van der Waals surface area (Å²) in [6.45, 7) is 4.07. The number of piperidine rings is 1. The van der Waals surface area contributed by atoms with Gasteiger partial charge in [-0.1, -0.05) is 24.3 Å². The normalized spacial score (nSPS) is 16.8. The molecule has 0 saturated carbocycles. The smallest absolute Gasteiger partial charge is 0.198 e. The van der Waals surface area contributed by atoms with Crippen LogP contribution in [0.4, 0.5) is 0 Å². The first-order valence-corrected chi connectivity index (χ1v) is 10.1. The zero-order valence-electron chi connectivity index (χ0n) is 16.6. The van der Waals surface area contributed by atoms with Gasteiger partial charge in [0, 0.05) is 18.0 Å². The Morgan fingerprint density at radius 1 is 1.24 bits per heavy atom. The molecule has 0 spiro atoms. The van der Waals surface area contributed by atoms with E-state index < -0.39 is 6.10 Å². The number of oxazole rings is 1. The van der Waals surface area contributed by atoms with Crippen LogP contribution in [0.15, 0.2) is 52.9 Å². The first-order valence-electron chi connectivity index (χ1n) is 10.1. The number of carbonyl (C=O) groups excluding carboxylic acids is 1. The zero-order chi connectivity index (χ0) is 20.2. The molecule has 6 heteroatoms. The fraction of sp³-hybridized carbons (Fsp3) is 0.391. The third-order valence-corrected chi connectivity index (χ3v) is 5.40. The monoisotopic (exact) mass is 394 g/mol. The Hall–Kier alpha value is -2.70. The second-order valence-electron chi connectivity index (χ2n) is 7.64. The number of aliphatic hydroxyl groups is 1. The molecule has 2 heterocycles. The topological polar surface area (TPSA) is 75.8 Å². The number of likely N-dealkylation sites (tertiary alicyclic amines) is 1. The van der Waals surface area contributed by atoms with Crippen LogP contribution in [0.3, 0.4) is 0 Å². The number of fused-ring (bicyclic) bond motifs is 1. The molecule has 0 aliphatic carbocycles. The Bertz CT molecular complexity index is 943. The molecule has 1 fully saturated rings. The fourth-order valence-electron chi connectivity index (χ4n) is 3.78. The minimum absolute atomic E-state index is 0.00203. The van der Waals surface area contributed by atoms with Crippen molar-refractivity contribution in [3.05, 3.63) is 60.0 Å². The fourth-order valence-corrected chi connectivity index (χ4v) is 3.78. The van der Waals surface area contributed by atoms with Crippen molar-refractivity contribution in [3.63, 3.8) is 0 Å². The maximum atomic E-state index is 11.5. The molecule has 0 radical (unpaired) electrons. The molecule has 0 bridgehead atoms. The number of hydrogen-bond acceptors (Lipinski definition) is 6. The molecule has 2 aromatic carbocycles. The molecule has 1 N–H and O–H groups in total. The lowest BCUT2D eigenvalue weighted by atomic mass is 9.96. The van der Waals surface area contributed by atoms with Crippen molar-refractivity contribution in [2.24, 2.45) is 0 Å². The van der Waals surface area contributed by atoms with Gasteiger partial charge in [0.15, 0.2) is 17.3 Å². The number of β-amino-alcohol motifs (C(OH)–C–C–N with tert-alkyl or cyclic N) is 1. The molecule has 1 aromatic heterocycles. The van der Waals surface area contributed by atoms with Gasteiger partial charge in [0.25, 0.3) is 0 Å². The van der Waals surface area contributed by atoms with Crippen molar-refractivity contribution < 1.29 is 19.1 Å². The summed E-state index contributed by atoms with van der Waals surface area (Å²) in [5, 5.41) is 10.4. The van der Waals surface area contributed by atoms with E-state index in [0.717, 1.165) is 42.9 Å². The van der Waals surface area contributed by atoms with Gasteiger partial charge < -0.3 is 19.2 Å². The lowest BCUT2D eigenvalue weighted by Crippen LogP contribution is -2.40. The number of carbonyl (C=O) groups is 1. The van der Waals surface area contributed by atoms with Crippen LogP contribution in [0.2, 0.25) is 0 Å². The molecular formula is C23H26N2O4. The Labute approximate surface area is 170 Å². The second kappa shape index (κ2) is 8.76. The Kier molecular flexibility index (Phi) is 5.92. The van der Waals surface area contributed by atoms with E-state index in [4.69, 9.17) is 9.15 Å². The number of nitrogens with zero attached hydrogens (tertiary/aromatic N) is 2. The highest BCUT2D eigenvalue weighted by atomic mass is 16.5. The van der Waals surface area contributed by atoms with Crippen molar-refractivity contribution in [1.82, 2.24) is 9.88 Å². The van der Waals surface area contributed by atoms with Crippen LogP contribution in [0, 0.1) is 0 Å². The molecule has 1 aliphatic heterocycles. The minimum Gasteiger partial charge on any atom is -0.491 e. The maximum Gasteiger partial charge on any atom is 0.198 e. The number of aliphatic hydroxyl groups excluding tert-OH is 1. The van der Waals surface area contributed by atoms with Crippen molar-refractivity contribution in [1.29, 1.82) is 0 Å². The SMILES string of the molecule is CC(=O)c1cccc(OCC(O)CN2CCC(c3nc4ccccc4o3)CC2)c1. The van der Waals surface area contributed by atoms with Crippen molar-refractivity contribution in [3.8, 4) is 5.75 Å². The number of aromatic nitrogens is 1. The van der Waals surface area contributed by atoms with Crippen LogP contribution in [0.5, 0.6) is 5.75 Å². The Morgan fingerprint density at radius 2 is 2.03 bits per heavy atom. The van der Waals surface area contributed by atoms with Gasteiger partial charge in [-0.2, -0.15) is 0 Å². The largest absolute Gasteiger partial charge is 0.491 e. The lowest BCUT2D eigenvalue weighted by molar-refractivity contribution is 0.0583. The summed E-state index contributed by atoms with van der Waals surface area (Å²) in [5.74, 6) is 1.74. The number of ether oxygens (including phenoxy) is 1. The first kappa shape index (κ1) is 19.6. The average molecular weight is 394 g/mol. The van der Waals surface area contributed by atoms with Crippen molar-refractivity contribution in [2.45, 2.75) is 31.8 Å². The van der Waals surface area contributed by atoms with Gasteiger partial charge in [0.05, 0.1) is 0 Å². The van der Waals surface area contributed by atoms with E-state index >= 15 is 0 Å². The quantitative estimate of drug-likeness (QED) is 0.617. The minimum atomic E-state index is -0.586. The third kappa shape index (κ3) is 4.83. The van der Waals surface area contributed by atoms with Gasteiger partial charge in [0.2, 0.25) is 0 Å². The van der Waals surface area contributed by atoms with E-state index in [1.807, 2.05) is 24.3 Å². The van der Waals surface area contributed by atoms with E-state index in [2.05, 4.69) is 9.88 Å². The highest BCUT2D eigenvalue weighted by Gasteiger charge is 2.25. The Morgan fingerprint density at radius 3 is 2.79 bits per heavy atom. The number of hydrogen-bond donors (Lipinski definition) is 1. The molecule has 1 aliphatic rings. The van der Waals surface area contributed by atoms with Gasteiger partial charge in [-0.25, -0.2) is 4.98 Å². The summed E-state index contributed by atoms with van der Waals surface area (Å²) in [4.78, 5) is 18.3. The van der Waals surface area contributed by atoms with E-state index in [0.29, 0.717) is 23.8 Å². The summed E-state index contributed by atoms with van der Waals surface area (Å²) in [6, 6.07) is 14.9. The molecule has 1 saturated heterocycles. The van der Waals surface area contributed by atoms with E-state index in [-0.39, 0.29) is 12.4 Å². The maximum absolute atomic E-state index is 11.5. The van der Waals surface area contributed by atoms with Crippen LogP contribution in [-0.4, -0.2) is 53.1 Å². The molecule has 1 atom stereocenters. The zero-order valence-corrected chi connectivity index (χ0v) is 16.6. The number of rotatable bonds is 7. The molecule has 0 amide bonds. The van der Waals surface area contributed by atoms with E-state index in [1.165, 1.54) is 6.92 Å². The first-order chi connectivity index (χ1) is 14.1. The Balaban J connectivity index is 1.25. The highest BCUT2D eigenvalue weighted by Crippen LogP contribution is 2.29. The van der Waals surface area contributed by atoms with Crippen LogP contribution in [-0.2, 0) is 0 Å². The van der Waals surface area contributed by atoms with Gasteiger partial charge in [-0.3, -0.25) is 4.79 Å². The van der Waals surface area contributed by atoms with Gasteiger partial charge in [0.1, 0.15) is 24.0 Å².